The van der Waals surface area contributed by atoms with Gasteiger partial charge < -0.3 is 15.8 Å². The second-order valence-electron chi connectivity index (χ2n) is 9.41. The van der Waals surface area contributed by atoms with Crippen LogP contribution in [0.3, 0.4) is 0 Å². The van der Waals surface area contributed by atoms with E-state index in [-0.39, 0.29) is 28.8 Å². The van der Waals surface area contributed by atoms with Gasteiger partial charge in [-0.15, -0.1) is 0 Å². The predicted molar refractivity (Wildman–Crippen MR) is 150 cm³/mol. The number of pyridine rings is 2. The SMILES string of the molecule is Cc1ccc2cc(-n3nc(C(C)C)cc3NC(=O)Nc3ccc(Oc4ccnc(C(N)=O)c4)cc3F)ccc2n1. The van der Waals surface area contributed by atoms with Crippen molar-refractivity contribution in [2.24, 2.45) is 5.73 Å². The van der Waals surface area contributed by atoms with E-state index in [4.69, 9.17) is 10.5 Å². The van der Waals surface area contributed by atoms with Gasteiger partial charge in [-0.05, 0) is 55.3 Å². The molecule has 0 saturated heterocycles. The van der Waals surface area contributed by atoms with E-state index in [0.29, 0.717) is 5.82 Å². The van der Waals surface area contributed by atoms with E-state index in [9.17, 15) is 14.0 Å². The molecule has 0 unspecified atom stereocenters. The van der Waals surface area contributed by atoms with Gasteiger partial charge in [0.1, 0.15) is 28.8 Å². The summed E-state index contributed by atoms with van der Waals surface area (Å²) in [6.07, 6.45) is 1.36. The molecule has 0 radical (unpaired) electrons. The van der Waals surface area contributed by atoms with Crippen molar-refractivity contribution < 1.29 is 18.7 Å². The maximum absolute atomic E-state index is 14.9. The number of nitrogens with two attached hydrogens (primary N) is 1. The number of fused-ring (bicyclic) bond motifs is 1. The van der Waals surface area contributed by atoms with Crippen molar-refractivity contribution in [3.8, 4) is 17.2 Å². The van der Waals surface area contributed by atoms with E-state index in [1.807, 2.05) is 51.1 Å². The highest BCUT2D eigenvalue weighted by molar-refractivity contribution is 5.99. The molecule has 0 saturated carbocycles. The minimum absolute atomic E-state index is 0.0169. The summed E-state index contributed by atoms with van der Waals surface area (Å²) in [7, 11) is 0. The summed E-state index contributed by atoms with van der Waals surface area (Å²) in [6.45, 7) is 5.94. The molecule has 4 N–H and O–H groups in total. The van der Waals surface area contributed by atoms with Gasteiger partial charge in [-0.3, -0.25) is 20.1 Å². The quantitative estimate of drug-likeness (QED) is 0.235. The molecule has 3 heterocycles. The molecule has 10 nitrogen and oxygen atoms in total. The first-order chi connectivity index (χ1) is 19.2. The number of carbonyl (C=O) groups excluding carboxylic acids is 2. The number of aromatic nitrogens is 4. The second-order valence-corrected chi connectivity index (χ2v) is 9.41. The highest BCUT2D eigenvalue weighted by Gasteiger charge is 2.16. The van der Waals surface area contributed by atoms with Gasteiger partial charge in [0.2, 0.25) is 0 Å². The average Bonchev–Trinajstić information content (AvgIpc) is 3.34. The molecule has 0 aliphatic carbocycles. The lowest BCUT2D eigenvalue weighted by Gasteiger charge is -2.12. The zero-order valence-corrected chi connectivity index (χ0v) is 22.0. The molecule has 0 aliphatic rings. The summed E-state index contributed by atoms with van der Waals surface area (Å²) in [5, 5.41) is 10.9. The molecule has 11 heteroatoms. The van der Waals surface area contributed by atoms with Crippen molar-refractivity contribution >= 4 is 34.3 Å². The third-order valence-electron chi connectivity index (χ3n) is 6.03. The van der Waals surface area contributed by atoms with E-state index >= 15 is 0 Å². The van der Waals surface area contributed by atoms with Crippen LogP contribution in [0.4, 0.5) is 20.7 Å². The van der Waals surface area contributed by atoms with Gasteiger partial charge in [-0.25, -0.2) is 13.9 Å². The molecule has 0 fully saturated rings. The molecule has 0 bridgehead atoms. The molecule has 0 aliphatic heterocycles. The van der Waals surface area contributed by atoms with Crippen LogP contribution >= 0.6 is 0 Å². The first kappa shape index (κ1) is 26.3. The third-order valence-corrected chi connectivity index (χ3v) is 6.03. The van der Waals surface area contributed by atoms with Crippen LogP contribution in [0.15, 0.2) is 72.9 Å². The van der Waals surface area contributed by atoms with Gasteiger partial charge in [0, 0.05) is 35.5 Å². The van der Waals surface area contributed by atoms with Gasteiger partial charge in [0.15, 0.2) is 0 Å². The van der Waals surface area contributed by atoms with Crippen molar-refractivity contribution in [1.82, 2.24) is 19.7 Å². The topological polar surface area (TPSA) is 137 Å². The predicted octanol–water partition coefficient (Wildman–Crippen LogP) is 5.92. The Labute approximate surface area is 229 Å². The number of nitrogens with one attached hydrogen (secondary N) is 2. The number of primary amides is 1. The molecular formula is C29H26FN7O3. The molecule has 0 spiro atoms. The van der Waals surface area contributed by atoms with E-state index in [2.05, 4.69) is 25.7 Å². The van der Waals surface area contributed by atoms with Crippen molar-refractivity contribution in [1.29, 1.82) is 0 Å². The minimum Gasteiger partial charge on any atom is -0.457 e. The van der Waals surface area contributed by atoms with Crippen molar-refractivity contribution in [3.05, 3.63) is 95.8 Å². The molecular weight excluding hydrogens is 513 g/mol. The van der Waals surface area contributed by atoms with Crippen LogP contribution in [0, 0.1) is 12.7 Å². The zero-order chi connectivity index (χ0) is 28.4. The van der Waals surface area contributed by atoms with E-state index < -0.39 is 17.8 Å². The van der Waals surface area contributed by atoms with Crippen molar-refractivity contribution in [3.63, 3.8) is 0 Å². The number of amides is 3. The lowest BCUT2D eigenvalue weighted by atomic mass is 10.1. The monoisotopic (exact) mass is 539 g/mol. The molecule has 3 aromatic heterocycles. The fourth-order valence-electron chi connectivity index (χ4n) is 3.99. The third kappa shape index (κ3) is 5.73. The van der Waals surface area contributed by atoms with Crippen LogP contribution in [-0.4, -0.2) is 31.7 Å². The first-order valence-corrected chi connectivity index (χ1v) is 12.5. The molecule has 2 aromatic carbocycles. The van der Waals surface area contributed by atoms with Crippen LogP contribution in [0.5, 0.6) is 11.5 Å². The summed E-state index contributed by atoms with van der Waals surface area (Å²) in [5.74, 6) is -0.480. The number of hydrogen-bond donors (Lipinski definition) is 3. The molecule has 40 heavy (non-hydrogen) atoms. The Kier molecular flexibility index (Phi) is 7.11. The van der Waals surface area contributed by atoms with E-state index in [0.717, 1.165) is 34.0 Å². The van der Waals surface area contributed by atoms with Crippen molar-refractivity contribution in [2.45, 2.75) is 26.7 Å². The molecule has 3 amide bonds. The Morgan fingerprint density at radius 3 is 2.52 bits per heavy atom. The fraction of sp³-hybridized carbons (Fsp3) is 0.138. The number of urea groups is 1. The van der Waals surface area contributed by atoms with Crippen LogP contribution in [0.2, 0.25) is 0 Å². The smallest absolute Gasteiger partial charge is 0.324 e. The highest BCUT2D eigenvalue weighted by atomic mass is 19.1. The van der Waals surface area contributed by atoms with Gasteiger partial charge in [-0.1, -0.05) is 19.9 Å². The van der Waals surface area contributed by atoms with Crippen LogP contribution in [0.25, 0.3) is 16.6 Å². The number of rotatable bonds is 7. The summed E-state index contributed by atoms with van der Waals surface area (Å²) in [5.41, 5.74) is 8.49. The Morgan fingerprint density at radius 1 is 0.975 bits per heavy atom. The summed E-state index contributed by atoms with van der Waals surface area (Å²) in [4.78, 5) is 32.6. The summed E-state index contributed by atoms with van der Waals surface area (Å²) >= 11 is 0. The Balaban J connectivity index is 1.34. The van der Waals surface area contributed by atoms with Gasteiger partial charge in [0.05, 0.1) is 22.6 Å². The highest BCUT2D eigenvalue weighted by Crippen LogP contribution is 2.27. The Bertz CT molecular complexity index is 1750. The van der Waals surface area contributed by atoms with Gasteiger partial charge in [0.25, 0.3) is 5.91 Å². The maximum Gasteiger partial charge on any atom is 0.324 e. The number of halogens is 1. The number of ether oxygens (including phenoxy) is 1. The van der Waals surface area contributed by atoms with Gasteiger partial charge in [-0.2, -0.15) is 5.10 Å². The number of benzene rings is 2. The summed E-state index contributed by atoms with van der Waals surface area (Å²) < 4.78 is 22.1. The number of anilines is 2. The van der Waals surface area contributed by atoms with Crippen molar-refractivity contribution in [2.75, 3.05) is 10.6 Å². The van der Waals surface area contributed by atoms with Crippen LogP contribution in [-0.2, 0) is 0 Å². The minimum atomic E-state index is -0.717. The zero-order valence-electron chi connectivity index (χ0n) is 22.0. The largest absolute Gasteiger partial charge is 0.457 e. The Morgan fingerprint density at radius 2 is 1.77 bits per heavy atom. The molecule has 0 atom stereocenters. The average molecular weight is 540 g/mol. The first-order valence-electron chi connectivity index (χ1n) is 12.5. The molecule has 5 aromatic rings. The summed E-state index contributed by atoms with van der Waals surface area (Å²) in [6, 6.07) is 17.6. The number of nitrogens with zero attached hydrogens (tertiary/aromatic N) is 4. The molecule has 202 valence electrons. The lowest BCUT2D eigenvalue weighted by Crippen LogP contribution is -2.22. The number of hydrogen-bond acceptors (Lipinski definition) is 6. The number of carbonyl (C=O) groups is 2. The molecule has 5 rings (SSSR count). The van der Waals surface area contributed by atoms with Crippen LogP contribution < -0.4 is 21.1 Å². The fourth-order valence-corrected chi connectivity index (χ4v) is 3.99. The number of aryl methyl sites for hydroxylation is 1. The standard InChI is InChI=1S/C29H26FN7O3/c1-16(2)25-15-27(37(36-25)19-6-8-23-18(12-19)5-4-17(3)33-23)35-29(39)34-24-9-7-20(13-22(24)30)40-21-10-11-32-26(14-21)28(31)38/h4-16H,1-3H3,(H2,31,38)(H2,34,35,39). The maximum atomic E-state index is 14.9. The second kappa shape index (κ2) is 10.8. The Hall–Kier alpha value is -5.32. The van der Waals surface area contributed by atoms with E-state index in [1.54, 1.807) is 10.7 Å². The normalized spacial score (nSPS) is 11.0. The van der Waals surface area contributed by atoms with E-state index in [1.165, 1.54) is 30.5 Å². The van der Waals surface area contributed by atoms with Crippen LogP contribution in [0.1, 0.15) is 41.6 Å². The van der Waals surface area contributed by atoms with Gasteiger partial charge >= 0.3 is 6.03 Å². The lowest BCUT2D eigenvalue weighted by molar-refractivity contribution is 0.0995.